The normalized spacial score (nSPS) is 12.7. The Balaban J connectivity index is 2.67. The van der Waals surface area contributed by atoms with Crippen molar-refractivity contribution < 1.29 is 5.11 Å². The van der Waals surface area contributed by atoms with E-state index in [4.69, 9.17) is 5.73 Å². The lowest BCUT2D eigenvalue weighted by Crippen LogP contribution is -2.32. The van der Waals surface area contributed by atoms with Crippen LogP contribution in [0.3, 0.4) is 0 Å². The number of aromatic nitrogens is 1. The fourth-order valence-corrected chi connectivity index (χ4v) is 2.26. The fraction of sp³-hybridized carbons (Fsp3) is 0.308. The maximum absolute atomic E-state index is 9.28. The average Bonchev–Trinajstić information content (AvgIpc) is 2.36. The summed E-state index contributed by atoms with van der Waals surface area (Å²) in [5.74, 6) is 0. The first-order valence-corrected chi connectivity index (χ1v) is 6.51. The van der Waals surface area contributed by atoms with E-state index in [0.717, 1.165) is 21.1 Å². The van der Waals surface area contributed by atoms with Crippen molar-refractivity contribution in [1.29, 1.82) is 0 Å². The van der Waals surface area contributed by atoms with Crippen molar-refractivity contribution in [3.05, 3.63) is 28.9 Å². The zero-order chi connectivity index (χ0) is 13.3. The van der Waals surface area contributed by atoms with Gasteiger partial charge in [0, 0.05) is 22.9 Å². The standard InChI is InChI=1S/C13H16BrN3O/c1-8(7-18)17(2)13-10-5-9(14)3-4-12(10)16-6-11(13)15/h3-6,8,18H,7,15H2,1-2H3. The highest BCUT2D eigenvalue weighted by Crippen LogP contribution is 2.33. The van der Waals surface area contributed by atoms with E-state index >= 15 is 0 Å². The van der Waals surface area contributed by atoms with Gasteiger partial charge in [0.05, 0.1) is 29.7 Å². The van der Waals surface area contributed by atoms with Gasteiger partial charge in [-0.05, 0) is 25.1 Å². The maximum Gasteiger partial charge on any atom is 0.0745 e. The molecule has 0 aliphatic rings. The minimum atomic E-state index is -0.00289. The number of nitrogens with zero attached hydrogens (tertiary/aromatic N) is 2. The van der Waals surface area contributed by atoms with Crippen LogP contribution in [0.1, 0.15) is 6.92 Å². The number of nitrogens with two attached hydrogens (primary N) is 1. The molecule has 96 valence electrons. The fourth-order valence-electron chi connectivity index (χ4n) is 1.90. The van der Waals surface area contributed by atoms with Gasteiger partial charge in [0.2, 0.25) is 0 Å². The molecule has 0 bridgehead atoms. The van der Waals surface area contributed by atoms with Gasteiger partial charge in [0.25, 0.3) is 0 Å². The molecule has 0 saturated carbocycles. The van der Waals surface area contributed by atoms with Crippen molar-refractivity contribution in [2.24, 2.45) is 0 Å². The van der Waals surface area contributed by atoms with Crippen LogP contribution in [-0.2, 0) is 0 Å². The first-order valence-electron chi connectivity index (χ1n) is 5.72. The molecule has 0 saturated heterocycles. The van der Waals surface area contributed by atoms with Crippen LogP contribution in [0, 0.1) is 0 Å². The van der Waals surface area contributed by atoms with E-state index in [1.54, 1.807) is 6.20 Å². The number of likely N-dealkylation sites (N-methyl/N-ethyl adjacent to an activating group) is 1. The molecule has 0 fully saturated rings. The van der Waals surface area contributed by atoms with E-state index in [0.29, 0.717) is 5.69 Å². The number of aliphatic hydroxyl groups is 1. The number of pyridine rings is 1. The Labute approximate surface area is 115 Å². The van der Waals surface area contributed by atoms with Gasteiger partial charge in [-0.25, -0.2) is 0 Å². The summed E-state index contributed by atoms with van der Waals surface area (Å²) in [6.45, 7) is 2.03. The molecular weight excluding hydrogens is 294 g/mol. The zero-order valence-electron chi connectivity index (χ0n) is 10.4. The number of halogens is 1. The molecule has 2 aromatic rings. The summed E-state index contributed by atoms with van der Waals surface area (Å²) < 4.78 is 0.980. The molecule has 2 rings (SSSR count). The number of hydrogen-bond donors (Lipinski definition) is 2. The summed E-state index contributed by atoms with van der Waals surface area (Å²) >= 11 is 3.46. The lowest BCUT2D eigenvalue weighted by atomic mass is 10.1. The number of nitrogen functional groups attached to an aromatic ring is 1. The third-order valence-electron chi connectivity index (χ3n) is 3.11. The van der Waals surface area contributed by atoms with Crippen molar-refractivity contribution in [3.63, 3.8) is 0 Å². The van der Waals surface area contributed by atoms with Gasteiger partial charge in [-0.1, -0.05) is 15.9 Å². The second-order valence-electron chi connectivity index (χ2n) is 4.37. The van der Waals surface area contributed by atoms with Gasteiger partial charge in [0.15, 0.2) is 0 Å². The summed E-state index contributed by atoms with van der Waals surface area (Å²) in [4.78, 5) is 6.29. The SMILES string of the molecule is CC(CO)N(C)c1c(N)cnc2ccc(Br)cc12. The summed E-state index contributed by atoms with van der Waals surface area (Å²) in [6.07, 6.45) is 1.66. The molecule has 1 atom stereocenters. The summed E-state index contributed by atoms with van der Waals surface area (Å²) in [5.41, 5.74) is 8.44. The first-order chi connectivity index (χ1) is 8.54. The predicted octanol–water partition coefficient (Wildman–Crippen LogP) is 2.40. The van der Waals surface area contributed by atoms with Gasteiger partial charge in [-0.2, -0.15) is 0 Å². The molecule has 5 heteroatoms. The second-order valence-corrected chi connectivity index (χ2v) is 5.28. The maximum atomic E-state index is 9.28. The van der Waals surface area contributed by atoms with Gasteiger partial charge >= 0.3 is 0 Å². The van der Waals surface area contributed by atoms with Crippen LogP contribution in [0.15, 0.2) is 28.9 Å². The highest BCUT2D eigenvalue weighted by Gasteiger charge is 2.15. The monoisotopic (exact) mass is 309 g/mol. The molecule has 3 N–H and O–H groups in total. The summed E-state index contributed by atoms with van der Waals surface area (Å²) in [5, 5.41) is 10.3. The van der Waals surface area contributed by atoms with Gasteiger partial charge in [0.1, 0.15) is 0 Å². The van der Waals surface area contributed by atoms with Crippen LogP contribution in [0.5, 0.6) is 0 Å². The quantitative estimate of drug-likeness (QED) is 0.914. The molecule has 1 aromatic carbocycles. The number of hydrogen-bond acceptors (Lipinski definition) is 4. The van der Waals surface area contributed by atoms with E-state index in [1.807, 2.05) is 37.1 Å². The van der Waals surface area contributed by atoms with Crippen LogP contribution in [0.25, 0.3) is 10.9 Å². The molecule has 0 radical (unpaired) electrons. The Morgan fingerprint density at radius 2 is 2.22 bits per heavy atom. The molecule has 0 amide bonds. The molecule has 1 heterocycles. The molecule has 0 spiro atoms. The lowest BCUT2D eigenvalue weighted by Gasteiger charge is -2.27. The van der Waals surface area contributed by atoms with E-state index in [2.05, 4.69) is 20.9 Å². The van der Waals surface area contributed by atoms with Crippen LogP contribution < -0.4 is 10.6 Å². The second kappa shape index (κ2) is 5.12. The first kappa shape index (κ1) is 13.1. The van der Waals surface area contributed by atoms with Gasteiger partial charge < -0.3 is 15.7 Å². The van der Waals surface area contributed by atoms with Crippen LogP contribution >= 0.6 is 15.9 Å². The lowest BCUT2D eigenvalue weighted by molar-refractivity contribution is 0.270. The van der Waals surface area contributed by atoms with Crippen molar-refractivity contribution in [2.45, 2.75) is 13.0 Å². The third kappa shape index (κ3) is 2.28. The summed E-state index contributed by atoms with van der Waals surface area (Å²) in [6, 6.07) is 5.89. The Morgan fingerprint density at radius 1 is 1.50 bits per heavy atom. The number of anilines is 2. The number of fused-ring (bicyclic) bond motifs is 1. The van der Waals surface area contributed by atoms with E-state index < -0.39 is 0 Å². The number of aliphatic hydroxyl groups excluding tert-OH is 1. The van der Waals surface area contributed by atoms with Crippen LogP contribution in [0.4, 0.5) is 11.4 Å². The molecule has 4 nitrogen and oxygen atoms in total. The summed E-state index contributed by atoms with van der Waals surface area (Å²) in [7, 11) is 1.92. The largest absolute Gasteiger partial charge is 0.396 e. The third-order valence-corrected chi connectivity index (χ3v) is 3.60. The molecule has 18 heavy (non-hydrogen) atoms. The topological polar surface area (TPSA) is 62.4 Å². The zero-order valence-corrected chi connectivity index (χ0v) is 12.0. The Hall–Kier alpha value is -1.33. The minimum Gasteiger partial charge on any atom is -0.396 e. The van der Waals surface area contributed by atoms with Crippen molar-refractivity contribution >= 4 is 38.2 Å². The van der Waals surface area contributed by atoms with Gasteiger partial charge in [-0.3, -0.25) is 4.98 Å². The van der Waals surface area contributed by atoms with Crippen LogP contribution in [0.2, 0.25) is 0 Å². The molecular formula is C13H16BrN3O. The van der Waals surface area contributed by atoms with E-state index in [9.17, 15) is 5.11 Å². The average molecular weight is 310 g/mol. The van der Waals surface area contributed by atoms with Crippen molar-refractivity contribution in [3.8, 4) is 0 Å². The Kier molecular flexibility index (Phi) is 3.73. The smallest absolute Gasteiger partial charge is 0.0745 e. The Morgan fingerprint density at radius 3 is 2.89 bits per heavy atom. The van der Waals surface area contributed by atoms with Crippen molar-refractivity contribution in [2.75, 3.05) is 24.3 Å². The number of rotatable bonds is 3. The van der Waals surface area contributed by atoms with E-state index in [-0.39, 0.29) is 12.6 Å². The van der Waals surface area contributed by atoms with Gasteiger partial charge in [-0.15, -0.1) is 0 Å². The predicted molar refractivity (Wildman–Crippen MR) is 78.8 cm³/mol. The molecule has 1 unspecified atom stereocenters. The molecule has 0 aliphatic heterocycles. The van der Waals surface area contributed by atoms with Crippen molar-refractivity contribution in [1.82, 2.24) is 4.98 Å². The van der Waals surface area contributed by atoms with E-state index in [1.165, 1.54) is 0 Å². The number of benzene rings is 1. The Bertz CT molecular complexity index is 568. The highest BCUT2D eigenvalue weighted by atomic mass is 79.9. The van der Waals surface area contributed by atoms with Crippen LogP contribution in [-0.4, -0.2) is 29.8 Å². The minimum absolute atomic E-state index is 0.00289. The molecule has 0 aliphatic carbocycles. The highest BCUT2D eigenvalue weighted by molar-refractivity contribution is 9.10. The molecule has 1 aromatic heterocycles.